The van der Waals surface area contributed by atoms with Crippen LogP contribution in [-0.4, -0.2) is 50.2 Å². The molecule has 0 aromatic carbocycles. The van der Waals surface area contributed by atoms with E-state index >= 15 is 0 Å². The Bertz CT molecular complexity index is 508. The van der Waals surface area contributed by atoms with Gasteiger partial charge in [0.05, 0.1) is 6.10 Å². The summed E-state index contributed by atoms with van der Waals surface area (Å²) in [5, 5.41) is 0. The first-order chi connectivity index (χ1) is 12.1. The summed E-state index contributed by atoms with van der Waals surface area (Å²) < 4.78 is 66.3. The molecule has 0 rings (SSSR count). The summed E-state index contributed by atoms with van der Waals surface area (Å²) in [6.45, 7) is 2.42. The minimum absolute atomic E-state index is 0. The third kappa shape index (κ3) is 24.7. The van der Waals surface area contributed by atoms with Crippen LogP contribution in [0.1, 0.15) is 85.4 Å². The van der Waals surface area contributed by atoms with Gasteiger partial charge in [-0.1, -0.05) is 77.6 Å². The molecule has 0 aliphatic carbocycles. The van der Waals surface area contributed by atoms with Gasteiger partial charge in [0.25, 0.3) is 20.2 Å². The van der Waals surface area contributed by atoms with Crippen LogP contribution in [0.3, 0.4) is 0 Å². The van der Waals surface area contributed by atoms with Crippen LogP contribution < -0.4 is 29.6 Å². The van der Waals surface area contributed by atoms with Crippen molar-refractivity contribution < 1.29 is 61.7 Å². The zero-order valence-electron chi connectivity index (χ0n) is 17.9. The van der Waals surface area contributed by atoms with Gasteiger partial charge in [-0.25, -0.2) is 0 Å². The van der Waals surface area contributed by atoms with Crippen molar-refractivity contribution in [3.8, 4) is 0 Å². The van der Waals surface area contributed by atoms with E-state index in [-0.39, 0.29) is 37.6 Å². The fraction of sp³-hybridized carbons (Fsp3) is 1.00. The van der Waals surface area contributed by atoms with E-state index in [0.717, 1.165) is 19.3 Å². The fourth-order valence-electron chi connectivity index (χ4n) is 2.81. The van der Waals surface area contributed by atoms with Crippen molar-refractivity contribution in [3.63, 3.8) is 0 Å². The summed E-state index contributed by atoms with van der Waals surface area (Å²) >= 11 is 0. The summed E-state index contributed by atoms with van der Waals surface area (Å²) in [6, 6.07) is 0. The Hall–Kier alpha value is 0.780. The molecule has 0 aliphatic heterocycles. The minimum Gasteiger partial charge on any atom is -1.00 e. The third-order valence-electron chi connectivity index (χ3n) is 4.14. The second kappa shape index (κ2) is 17.6. The average molecular weight is 441 g/mol. The van der Waals surface area contributed by atoms with Crippen LogP contribution in [0, 0.1) is 0 Å². The first-order valence-electron chi connectivity index (χ1n) is 9.66. The first-order valence-corrected chi connectivity index (χ1v) is 12.9. The van der Waals surface area contributed by atoms with Crippen LogP contribution in [-0.2, 0) is 25.0 Å². The van der Waals surface area contributed by atoms with Crippen LogP contribution in [0.4, 0.5) is 0 Å². The van der Waals surface area contributed by atoms with Crippen LogP contribution >= 0.6 is 0 Å². The SMILES string of the molecule is CCCCCCCCCCCCCCOC(CS(=O)(=O)O)CS(=O)(=O)O.[H-].[Na+]. The van der Waals surface area contributed by atoms with Crippen molar-refractivity contribution in [3.05, 3.63) is 0 Å². The molecule has 27 heavy (non-hydrogen) atoms. The molecule has 0 heterocycles. The molecule has 0 unspecified atom stereocenters. The number of hydrogen-bond donors (Lipinski definition) is 2. The Balaban J connectivity index is -0.00000312. The monoisotopic (exact) mass is 440 g/mol. The molecule has 0 aromatic heterocycles. The number of rotatable bonds is 18. The summed E-state index contributed by atoms with van der Waals surface area (Å²) in [5.74, 6) is -1.68. The van der Waals surface area contributed by atoms with E-state index in [1.165, 1.54) is 51.4 Å². The van der Waals surface area contributed by atoms with Gasteiger partial charge in [0.1, 0.15) is 11.5 Å². The molecule has 0 spiro atoms. The molecule has 0 fully saturated rings. The van der Waals surface area contributed by atoms with Gasteiger partial charge in [-0.2, -0.15) is 16.8 Å². The van der Waals surface area contributed by atoms with E-state index in [1.54, 1.807) is 0 Å². The van der Waals surface area contributed by atoms with Gasteiger partial charge >= 0.3 is 29.6 Å². The van der Waals surface area contributed by atoms with E-state index < -0.39 is 37.8 Å². The quantitative estimate of drug-likeness (QED) is 0.185. The number of hydrogen-bond acceptors (Lipinski definition) is 5. The molecule has 7 nitrogen and oxygen atoms in total. The zero-order valence-corrected chi connectivity index (χ0v) is 20.6. The normalized spacial score (nSPS) is 12.3. The zero-order chi connectivity index (χ0) is 19.9. The second-order valence-electron chi connectivity index (χ2n) is 6.88. The minimum atomic E-state index is -4.36. The predicted octanol–water partition coefficient (Wildman–Crippen LogP) is 0.965. The molecule has 0 bridgehead atoms. The molecule has 0 radical (unpaired) electrons. The molecule has 160 valence electrons. The second-order valence-corrected chi connectivity index (χ2v) is 9.87. The summed E-state index contributed by atoms with van der Waals surface area (Å²) in [6.07, 6.45) is 12.9. The molecule has 0 saturated heterocycles. The van der Waals surface area contributed by atoms with E-state index in [2.05, 4.69) is 6.92 Å². The van der Waals surface area contributed by atoms with Gasteiger partial charge in [-0.15, -0.1) is 0 Å². The van der Waals surface area contributed by atoms with Crippen molar-refractivity contribution >= 4 is 20.2 Å². The van der Waals surface area contributed by atoms with Crippen molar-refractivity contribution in [1.82, 2.24) is 0 Å². The Morgan fingerprint density at radius 1 is 0.704 bits per heavy atom. The van der Waals surface area contributed by atoms with Crippen LogP contribution in [0.5, 0.6) is 0 Å². The Morgan fingerprint density at radius 3 is 1.37 bits per heavy atom. The van der Waals surface area contributed by atoms with Gasteiger partial charge in [0, 0.05) is 6.61 Å². The maximum absolute atomic E-state index is 10.9. The van der Waals surface area contributed by atoms with Gasteiger partial charge < -0.3 is 6.16 Å². The standard InChI is InChI=1S/C17H36O7S2.Na.H/c1-2-3-4-5-6-7-8-9-10-11-12-13-14-24-17(15-25(18,19)20)16-26(21,22)23;;/h17H,2-16H2,1H3,(H,18,19,20)(H,21,22,23);;/q;+1;-1. The van der Waals surface area contributed by atoms with Crippen LogP contribution in [0.25, 0.3) is 0 Å². The maximum atomic E-state index is 10.9. The number of ether oxygens (including phenoxy) is 1. The number of unbranched alkanes of at least 4 members (excludes halogenated alkanes) is 11. The average Bonchev–Trinajstić information content (AvgIpc) is 2.48. The van der Waals surface area contributed by atoms with Crippen molar-refractivity contribution in [2.75, 3.05) is 18.1 Å². The summed E-state index contributed by atoms with van der Waals surface area (Å²) in [7, 11) is -8.73. The van der Waals surface area contributed by atoms with Gasteiger partial charge in [-0.05, 0) is 6.42 Å². The van der Waals surface area contributed by atoms with Crippen molar-refractivity contribution in [1.29, 1.82) is 0 Å². The molecule has 0 aromatic rings. The summed E-state index contributed by atoms with van der Waals surface area (Å²) in [4.78, 5) is 0. The first kappa shape index (κ1) is 30.0. The smallest absolute Gasteiger partial charge is 1.00 e. The van der Waals surface area contributed by atoms with E-state index in [9.17, 15) is 16.8 Å². The third-order valence-corrected chi connectivity index (χ3v) is 5.73. The fourth-order valence-corrected chi connectivity index (χ4v) is 4.32. The molecule has 0 saturated carbocycles. The predicted molar refractivity (Wildman–Crippen MR) is 105 cm³/mol. The van der Waals surface area contributed by atoms with Crippen molar-refractivity contribution in [2.45, 2.75) is 90.1 Å². The van der Waals surface area contributed by atoms with Gasteiger partial charge in [0.15, 0.2) is 0 Å². The topological polar surface area (TPSA) is 118 Å². The largest absolute Gasteiger partial charge is 1.00 e. The van der Waals surface area contributed by atoms with Gasteiger partial charge in [-0.3, -0.25) is 9.11 Å². The molecule has 10 heteroatoms. The van der Waals surface area contributed by atoms with Crippen LogP contribution in [0.15, 0.2) is 0 Å². The molecular weight excluding hydrogens is 403 g/mol. The Kier molecular flexibility index (Phi) is 19.6. The van der Waals surface area contributed by atoms with Crippen molar-refractivity contribution in [2.24, 2.45) is 0 Å². The van der Waals surface area contributed by atoms with E-state index in [0.29, 0.717) is 6.42 Å². The Morgan fingerprint density at radius 2 is 1.04 bits per heavy atom. The van der Waals surface area contributed by atoms with Crippen LogP contribution in [0.2, 0.25) is 0 Å². The molecule has 0 atom stereocenters. The molecule has 0 amide bonds. The Labute approximate surface area is 189 Å². The van der Waals surface area contributed by atoms with E-state index in [4.69, 9.17) is 13.8 Å². The van der Waals surface area contributed by atoms with E-state index in [1.807, 2.05) is 0 Å². The van der Waals surface area contributed by atoms with Gasteiger partial charge in [0.2, 0.25) is 0 Å². The molecular formula is C17H37NaO7S2. The maximum Gasteiger partial charge on any atom is 1.00 e. The molecule has 2 N–H and O–H groups in total. The molecule has 0 aliphatic rings. The summed E-state index contributed by atoms with van der Waals surface area (Å²) in [5.41, 5.74) is 0.